The molecule has 0 aromatic heterocycles. The second-order valence-electron chi connectivity index (χ2n) is 4.49. The van der Waals surface area contributed by atoms with Crippen molar-refractivity contribution in [3.8, 4) is 0 Å². The van der Waals surface area contributed by atoms with Crippen LogP contribution in [0.4, 0.5) is 0 Å². The van der Waals surface area contributed by atoms with Gasteiger partial charge in [0.05, 0.1) is 5.75 Å². The lowest BCUT2D eigenvalue weighted by Crippen LogP contribution is -2.34. The molecule has 0 atom stereocenters. The Balaban J connectivity index is 3.66. The first kappa shape index (κ1) is 16.8. The Hall–Kier alpha value is -0.170. The van der Waals surface area contributed by atoms with E-state index in [1.807, 2.05) is 14.0 Å². The van der Waals surface area contributed by atoms with Crippen LogP contribution in [0.3, 0.4) is 0 Å². The molecule has 104 valence electrons. The lowest BCUT2D eigenvalue weighted by Gasteiger charge is -2.20. The molecule has 0 heterocycles. The van der Waals surface area contributed by atoms with E-state index in [0.29, 0.717) is 19.1 Å². The molecule has 0 aromatic carbocycles. The lowest BCUT2D eigenvalue weighted by molar-refractivity contribution is 0.271. The molecule has 0 fully saturated rings. The van der Waals surface area contributed by atoms with Gasteiger partial charge in [-0.05, 0) is 40.4 Å². The fourth-order valence-electron chi connectivity index (χ4n) is 1.27. The summed E-state index contributed by atoms with van der Waals surface area (Å²) in [7, 11) is -1.06. The SMILES string of the molecule is CCNCCS(=O)(=O)NCCCN(C)C(C)C. The summed E-state index contributed by atoms with van der Waals surface area (Å²) < 4.78 is 25.7. The van der Waals surface area contributed by atoms with E-state index >= 15 is 0 Å². The lowest BCUT2D eigenvalue weighted by atomic mass is 10.3. The van der Waals surface area contributed by atoms with Crippen molar-refractivity contribution in [3.63, 3.8) is 0 Å². The highest BCUT2D eigenvalue weighted by Gasteiger charge is 2.09. The van der Waals surface area contributed by atoms with Crippen molar-refractivity contribution in [1.29, 1.82) is 0 Å². The van der Waals surface area contributed by atoms with E-state index in [9.17, 15) is 8.42 Å². The van der Waals surface area contributed by atoms with E-state index in [2.05, 4.69) is 28.8 Å². The summed E-state index contributed by atoms with van der Waals surface area (Å²) in [6.45, 7) is 8.95. The Morgan fingerprint density at radius 2 is 1.88 bits per heavy atom. The van der Waals surface area contributed by atoms with Gasteiger partial charge in [-0.15, -0.1) is 0 Å². The topological polar surface area (TPSA) is 61.4 Å². The van der Waals surface area contributed by atoms with Crippen LogP contribution in [0.5, 0.6) is 0 Å². The third-order valence-corrected chi connectivity index (χ3v) is 4.07. The van der Waals surface area contributed by atoms with Crippen LogP contribution in [0.2, 0.25) is 0 Å². The summed E-state index contributed by atoms with van der Waals surface area (Å²) in [6.07, 6.45) is 0.842. The zero-order valence-electron chi connectivity index (χ0n) is 11.5. The maximum atomic E-state index is 11.5. The first-order valence-corrected chi connectivity index (χ1v) is 7.92. The minimum atomic E-state index is -3.10. The van der Waals surface area contributed by atoms with Gasteiger partial charge in [-0.1, -0.05) is 6.92 Å². The molecule has 0 unspecified atom stereocenters. The van der Waals surface area contributed by atoms with Gasteiger partial charge in [-0.2, -0.15) is 0 Å². The number of hydrogen-bond acceptors (Lipinski definition) is 4. The van der Waals surface area contributed by atoms with Crippen molar-refractivity contribution in [1.82, 2.24) is 14.9 Å². The van der Waals surface area contributed by atoms with Gasteiger partial charge in [0.1, 0.15) is 0 Å². The van der Waals surface area contributed by atoms with Crippen LogP contribution in [0.25, 0.3) is 0 Å². The van der Waals surface area contributed by atoms with Gasteiger partial charge in [0.25, 0.3) is 0 Å². The average molecular weight is 265 g/mol. The van der Waals surface area contributed by atoms with E-state index in [4.69, 9.17) is 0 Å². The summed E-state index contributed by atoms with van der Waals surface area (Å²) in [5.41, 5.74) is 0. The van der Waals surface area contributed by atoms with Crippen LogP contribution < -0.4 is 10.0 Å². The van der Waals surface area contributed by atoms with Gasteiger partial charge in [-0.3, -0.25) is 0 Å². The summed E-state index contributed by atoms with van der Waals surface area (Å²) in [5.74, 6) is 0.154. The van der Waals surface area contributed by atoms with Crippen LogP contribution in [-0.2, 0) is 10.0 Å². The van der Waals surface area contributed by atoms with Gasteiger partial charge >= 0.3 is 0 Å². The van der Waals surface area contributed by atoms with Gasteiger partial charge in [0.2, 0.25) is 10.0 Å². The molecule has 0 aliphatic rings. The molecule has 5 nitrogen and oxygen atoms in total. The quantitative estimate of drug-likeness (QED) is 0.556. The van der Waals surface area contributed by atoms with Crippen molar-refractivity contribution in [2.75, 3.05) is 39.0 Å². The predicted molar refractivity (Wildman–Crippen MR) is 72.7 cm³/mol. The molecular weight excluding hydrogens is 238 g/mol. The zero-order valence-corrected chi connectivity index (χ0v) is 12.3. The number of sulfonamides is 1. The molecule has 0 bridgehead atoms. The molecule has 0 aliphatic heterocycles. The fourth-order valence-corrected chi connectivity index (χ4v) is 2.28. The minimum absolute atomic E-state index is 0.154. The van der Waals surface area contributed by atoms with Gasteiger partial charge in [-0.25, -0.2) is 13.1 Å². The molecule has 0 spiro atoms. The summed E-state index contributed by atoms with van der Waals surface area (Å²) in [4.78, 5) is 2.20. The van der Waals surface area contributed by atoms with Gasteiger partial charge < -0.3 is 10.2 Å². The van der Waals surface area contributed by atoms with Crippen molar-refractivity contribution in [2.45, 2.75) is 33.2 Å². The van der Waals surface area contributed by atoms with Crippen molar-refractivity contribution in [2.24, 2.45) is 0 Å². The normalized spacial score (nSPS) is 12.6. The van der Waals surface area contributed by atoms with Crippen molar-refractivity contribution >= 4 is 10.0 Å². The molecule has 0 amide bonds. The third kappa shape index (κ3) is 9.52. The largest absolute Gasteiger partial charge is 0.316 e. The first-order chi connectivity index (χ1) is 7.89. The number of hydrogen-bond donors (Lipinski definition) is 2. The Labute approximate surface area is 106 Å². The minimum Gasteiger partial charge on any atom is -0.316 e. The summed E-state index contributed by atoms with van der Waals surface area (Å²) in [6, 6.07) is 0.500. The Bertz CT molecular complexity index is 278. The monoisotopic (exact) mass is 265 g/mol. The van der Waals surface area contributed by atoms with Crippen molar-refractivity contribution < 1.29 is 8.42 Å². The molecule has 2 N–H and O–H groups in total. The molecular formula is C11H27N3O2S. The van der Waals surface area contributed by atoms with Crippen LogP contribution >= 0.6 is 0 Å². The van der Waals surface area contributed by atoms with E-state index in [0.717, 1.165) is 19.5 Å². The molecule has 0 saturated carbocycles. The van der Waals surface area contributed by atoms with Crippen LogP contribution in [0, 0.1) is 0 Å². The third-order valence-electron chi connectivity index (χ3n) is 2.69. The number of nitrogens with one attached hydrogen (secondary N) is 2. The first-order valence-electron chi connectivity index (χ1n) is 6.27. The molecule has 0 aromatic rings. The number of nitrogens with zero attached hydrogens (tertiary/aromatic N) is 1. The maximum Gasteiger partial charge on any atom is 0.212 e. The van der Waals surface area contributed by atoms with Crippen LogP contribution in [0.1, 0.15) is 27.2 Å². The van der Waals surface area contributed by atoms with Crippen molar-refractivity contribution in [3.05, 3.63) is 0 Å². The predicted octanol–water partition coefficient (Wildman–Crippen LogP) is 0.246. The average Bonchev–Trinajstić information content (AvgIpc) is 2.24. The standard InChI is InChI=1S/C11H27N3O2S/c1-5-12-8-10-17(15,16)13-7-6-9-14(4)11(2)3/h11-13H,5-10H2,1-4H3. The highest BCUT2D eigenvalue weighted by Crippen LogP contribution is 1.94. The summed E-state index contributed by atoms with van der Waals surface area (Å²) >= 11 is 0. The van der Waals surface area contributed by atoms with E-state index in [1.54, 1.807) is 0 Å². The molecule has 0 radical (unpaired) electrons. The van der Waals surface area contributed by atoms with E-state index < -0.39 is 10.0 Å². The second-order valence-corrected chi connectivity index (χ2v) is 6.42. The Morgan fingerprint density at radius 3 is 2.41 bits per heavy atom. The fraction of sp³-hybridized carbons (Fsp3) is 1.00. The van der Waals surface area contributed by atoms with Gasteiger partial charge in [0.15, 0.2) is 0 Å². The molecule has 0 saturated heterocycles. The highest BCUT2D eigenvalue weighted by atomic mass is 32.2. The molecule has 0 rings (SSSR count). The molecule has 6 heteroatoms. The van der Waals surface area contributed by atoms with E-state index in [-0.39, 0.29) is 5.75 Å². The van der Waals surface area contributed by atoms with E-state index in [1.165, 1.54) is 0 Å². The Kier molecular flexibility index (Phi) is 8.77. The molecule has 0 aliphatic carbocycles. The maximum absolute atomic E-state index is 11.5. The van der Waals surface area contributed by atoms with Crippen LogP contribution in [-0.4, -0.2) is 58.3 Å². The molecule has 17 heavy (non-hydrogen) atoms. The Morgan fingerprint density at radius 1 is 1.24 bits per heavy atom. The highest BCUT2D eigenvalue weighted by molar-refractivity contribution is 7.89. The van der Waals surface area contributed by atoms with Gasteiger partial charge in [0, 0.05) is 19.1 Å². The summed E-state index contributed by atoms with van der Waals surface area (Å²) in [5, 5.41) is 3.00. The smallest absolute Gasteiger partial charge is 0.212 e. The zero-order chi connectivity index (χ0) is 13.3. The second kappa shape index (κ2) is 8.85. The van der Waals surface area contributed by atoms with Crippen LogP contribution in [0.15, 0.2) is 0 Å². The number of rotatable bonds is 10.